The van der Waals surface area contributed by atoms with Gasteiger partial charge in [0.2, 0.25) is 11.8 Å². The van der Waals surface area contributed by atoms with Gasteiger partial charge in [0.15, 0.2) is 15.5 Å². The zero-order chi connectivity index (χ0) is 25.3. The van der Waals surface area contributed by atoms with E-state index < -0.39 is 38.3 Å². The van der Waals surface area contributed by atoms with E-state index in [4.69, 9.17) is 0 Å². The van der Waals surface area contributed by atoms with E-state index in [1.54, 1.807) is 4.90 Å². The van der Waals surface area contributed by atoms with Gasteiger partial charge in [-0.15, -0.1) is 0 Å². The third-order valence-corrected chi connectivity index (χ3v) is 6.86. The van der Waals surface area contributed by atoms with Crippen molar-refractivity contribution in [2.75, 3.05) is 35.7 Å². The molecule has 0 bridgehead atoms. The number of aromatic nitrogens is 2. The van der Waals surface area contributed by atoms with Crippen molar-refractivity contribution in [1.29, 1.82) is 0 Å². The molecule has 1 aromatic carbocycles. The Kier molecular flexibility index (Phi) is 7.39. The number of hydrogen-bond acceptors (Lipinski definition) is 7. The Hall–Kier alpha value is -2.89. The molecule has 1 aliphatic rings. The van der Waals surface area contributed by atoms with Gasteiger partial charge in [-0.1, -0.05) is 19.1 Å². The summed E-state index contributed by atoms with van der Waals surface area (Å²) in [6, 6.07) is 3.92. The van der Waals surface area contributed by atoms with Gasteiger partial charge in [0.1, 0.15) is 10.7 Å². The van der Waals surface area contributed by atoms with E-state index in [0.717, 1.165) is 12.3 Å². The molecule has 2 aromatic rings. The van der Waals surface area contributed by atoms with Crippen molar-refractivity contribution in [2.24, 2.45) is 5.92 Å². The second kappa shape index (κ2) is 9.77. The van der Waals surface area contributed by atoms with Crippen molar-refractivity contribution in [3.8, 4) is 5.88 Å². The monoisotopic (exact) mass is 502 g/mol. The molecular formula is C22H26F4N4O3S. The summed E-state index contributed by atoms with van der Waals surface area (Å²) < 4.78 is 77.8. The molecule has 0 radical (unpaired) electrons. The van der Waals surface area contributed by atoms with E-state index in [1.807, 2.05) is 30.9 Å². The predicted molar refractivity (Wildman–Crippen MR) is 120 cm³/mol. The number of sulfone groups is 1. The second-order valence-corrected chi connectivity index (χ2v) is 10.3. The van der Waals surface area contributed by atoms with Crippen molar-refractivity contribution in [3.05, 3.63) is 47.9 Å². The standard InChI is InChI=1S/C22H26F4N4O3S/c1-4-5-6-14(2)17-13-29(15-7-8-16(23)18(11-15)34(3,32)33)9-10-30(17)21-27-19(22(24,25)26)12-20(31)28-21/h4-5,7-8,11-12,14,17H,6,9-10,13H2,1-3H3,(H,27,28,31)/b5-4+/t14?,17-/m0/s1. The second-order valence-electron chi connectivity index (χ2n) is 8.28. The fourth-order valence-electron chi connectivity index (χ4n) is 3.96. The van der Waals surface area contributed by atoms with Gasteiger partial charge < -0.3 is 14.9 Å². The van der Waals surface area contributed by atoms with Gasteiger partial charge in [-0.05, 0) is 37.5 Å². The first-order chi connectivity index (χ1) is 15.8. The highest BCUT2D eigenvalue weighted by Gasteiger charge is 2.37. The summed E-state index contributed by atoms with van der Waals surface area (Å²) >= 11 is 0. The van der Waals surface area contributed by atoms with Crippen molar-refractivity contribution in [1.82, 2.24) is 9.97 Å². The maximum Gasteiger partial charge on any atom is 0.433 e. The molecule has 0 spiro atoms. The quantitative estimate of drug-likeness (QED) is 0.471. The fourth-order valence-corrected chi connectivity index (χ4v) is 4.71. The lowest BCUT2D eigenvalue weighted by molar-refractivity contribution is -0.141. The maximum absolute atomic E-state index is 14.1. The van der Waals surface area contributed by atoms with Crippen molar-refractivity contribution in [3.63, 3.8) is 0 Å². The molecule has 186 valence electrons. The van der Waals surface area contributed by atoms with Gasteiger partial charge >= 0.3 is 6.18 Å². The largest absolute Gasteiger partial charge is 0.493 e. The third-order valence-electron chi connectivity index (χ3n) is 5.75. The van der Waals surface area contributed by atoms with Crippen LogP contribution in [0.25, 0.3) is 0 Å². The van der Waals surface area contributed by atoms with Gasteiger partial charge in [0, 0.05) is 37.6 Å². The zero-order valence-electron chi connectivity index (χ0n) is 18.9. The molecule has 1 aromatic heterocycles. The zero-order valence-corrected chi connectivity index (χ0v) is 19.7. The summed E-state index contributed by atoms with van der Waals surface area (Å²) in [5.74, 6) is -1.93. The lowest BCUT2D eigenvalue weighted by Crippen LogP contribution is -2.56. The molecule has 3 rings (SSSR count). The van der Waals surface area contributed by atoms with Crippen molar-refractivity contribution in [2.45, 2.75) is 37.4 Å². The van der Waals surface area contributed by atoms with Crippen LogP contribution < -0.4 is 9.80 Å². The van der Waals surface area contributed by atoms with Crippen LogP contribution in [0.15, 0.2) is 41.3 Å². The maximum atomic E-state index is 14.1. The highest BCUT2D eigenvalue weighted by atomic mass is 32.2. The van der Waals surface area contributed by atoms with Crippen LogP contribution in [0.3, 0.4) is 0 Å². The minimum absolute atomic E-state index is 0.0610. The first kappa shape index (κ1) is 25.7. The first-order valence-corrected chi connectivity index (χ1v) is 12.5. The minimum atomic E-state index is -4.75. The molecular weight excluding hydrogens is 476 g/mol. The van der Waals surface area contributed by atoms with Crippen LogP contribution in [0.5, 0.6) is 5.88 Å². The Balaban J connectivity index is 1.99. The van der Waals surface area contributed by atoms with Crippen LogP contribution in [0.2, 0.25) is 0 Å². The number of aromatic hydroxyl groups is 1. The number of piperazine rings is 1. The number of allylic oxidation sites excluding steroid dienone is 2. The highest BCUT2D eigenvalue weighted by molar-refractivity contribution is 7.90. The Morgan fingerprint density at radius 1 is 1.24 bits per heavy atom. The molecule has 1 fully saturated rings. The molecule has 34 heavy (non-hydrogen) atoms. The number of benzene rings is 1. The molecule has 1 saturated heterocycles. The summed E-state index contributed by atoms with van der Waals surface area (Å²) in [6.45, 7) is 4.59. The van der Waals surface area contributed by atoms with E-state index in [9.17, 15) is 31.1 Å². The fraction of sp³-hybridized carbons (Fsp3) is 0.455. The van der Waals surface area contributed by atoms with E-state index in [0.29, 0.717) is 31.3 Å². The molecule has 12 heteroatoms. The smallest absolute Gasteiger partial charge is 0.433 e. The average molecular weight is 503 g/mol. The lowest BCUT2D eigenvalue weighted by Gasteiger charge is -2.45. The van der Waals surface area contributed by atoms with Crippen LogP contribution in [0.1, 0.15) is 26.0 Å². The van der Waals surface area contributed by atoms with Crippen LogP contribution >= 0.6 is 0 Å². The van der Waals surface area contributed by atoms with Crippen LogP contribution in [-0.4, -0.2) is 55.4 Å². The minimum Gasteiger partial charge on any atom is -0.493 e. The van der Waals surface area contributed by atoms with Gasteiger partial charge in [-0.3, -0.25) is 0 Å². The molecule has 1 aliphatic heterocycles. The Morgan fingerprint density at radius 2 is 1.94 bits per heavy atom. The normalized spacial score (nSPS) is 18.5. The van der Waals surface area contributed by atoms with Gasteiger partial charge in [-0.2, -0.15) is 18.2 Å². The number of alkyl halides is 3. The summed E-state index contributed by atoms with van der Waals surface area (Å²) in [4.78, 5) is 10.6. The average Bonchev–Trinajstić information content (AvgIpc) is 2.75. The summed E-state index contributed by atoms with van der Waals surface area (Å²) in [5, 5.41) is 9.83. The Labute approximate surface area is 195 Å². The lowest BCUT2D eigenvalue weighted by atomic mass is 9.94. The molecule has 0 amide bonds. The highest BCUT2D eigenvalue weighted by Crippen LogP contribution is 2.33. The van der Waals surface area contributed by atoms with E-state index in [-0.39, 0.29) is 24.5 Å². The Bertz CT molecular complexity index is 1170. The number of nitrogens with zero attached hydrogens (tertiary/aromatic N) is 4. The molecule has 2 atom stereocenters. The number of rotatable bonds is 6. The molecule has 2 heterocycles. The van der Waals surface area contributed by atoms with E-state index >= 15 is 0 Å². The van der Waals surface area contributed by atoms with E-state index in [1.165, 1.54) is 12.1 Å². The van der Waals surface area contributed by atoms with Gasteiger partial charge in [0.25, 0.3) is 0 Å². The topological polar surface area (TPSA) is 86.6 Å². The third kappa shape index (κ3) is 5.78. The van der Waals surface area contributed by atoms with Crippen molar-refractivity contribution < 1.29 is 31.1 Å². The van der Waals surface area contributed by atoms with Crippen LogP contribution in [0.4, 0.5) is 29.2 Å². The molecule has 0 saturated carbocycles. The number of halogens is 4. The number of anilines is 2. The van der Waals surface area contributed by atoms with Gasteiger partial charge in [0.05, 0.1) is 6.04 Å². The van der Waals surface area contributed by atoms with Crippen LogP contribution in [0, 0.1) is 11.7 Å². The number of hydrogen-bond donors (Lipinski definition) is 1. The van der Waals surface area contributed by atoms with Crippen molar-refractivity contribution >= 4 is 21.5 Å². The van der Waals surface area contributed by atoms with Gasteiger partial charge in [-0.25, -0.2) is 17.8 Å². The van der Waals surface area contributed by atoms with E-state index in [2.05, 4.69) is 9.97 Å². The summed E-state index contributed by atoms with van der Waals surface area (Å²) in [6.07, 6.45) is 0.596. The molecule has 1 unspecified atom stereocenters. The molecule has 7 nitrogen and oxygen atoms in total. The summed E-state index contributed by atoms with van der Waals surface area (Å²) in [5.41, 5.74) is -0.758. The van der Waals surface area contributed by atoms with Crippen LogP contribution in [-0.2, 0) is 16.0 Å². The first-order valence-electron chi connectivity index (χ1n) is 10.6. The SMILES string of the molecule is C/C=C/CC(C)[C@@H]1CN(c2ccc(F)c(S(C)(=O)=O)c2)CCN1c1nc(O)cc(C(F)(F)F)n1. The molecule has 0 aliphatic carbocycles. The predicted octanol–water partition coefficient (Wildman–Crippen LogP) is 4.04. The Morgan fingerprint density at radius 3 is 2.56 bits per heavy atom. The summed E-state index contributed by atoms with van der Waals surface area (Å²) in [7, 11) is -3.79. The molecule has 1 N–H and O–H groups in total.